The van der Waals surface area contributed by atoms with Gasteiger partial charge in [0.15, 0.2) is 5.75 Å². The first-order chi connectivity index (χ1) is 9.27. The number of halogens is 3. The van der Waals surface area contributed by atoms with Crippen molar-refractivity contribution in [3.05, 3.63) is 18.0 Å². The third kappa shape index (κ3) is 2.84. The van der Waals surface area contributed by atoms with Gasteiger partial charge in [-0.15, -0.1) is 0 Å². The molecule has 2 aromatic heterocycles. The highest BCUT2D eigenvalue weighted by Crippen LogP contribution is 2.28. The van der Waals surface area contributed by atoms with Gasteiger partial charge >= 0.3 is 12.1 Å². The number of ether oxygens (including phenoxy) is 1. The molecule has 0 bridgehead atoms. The van der Waals surface area contributed by atoms with E-state index in [4.69, 9.17) is 0 Å². The monoisotopic (exact) mass is 289 g/mol. The van der Waals surface area contributed by atoms with E-state index in [2.05, 4.69) is 24.4 Å². The minimum Gasteiger partial charge on any atom is -0.503 e. The molecule has 2 heterocycles. The lowest BCUT2D eigenvalue weighted by atomic mass is 10.3. The van der Waals surface area contributed by atoms with Gasteiger partial charge in [0.05, 0.1) is 0 Å². The molecule has 0 aliphatic rings. The first kappa shape index (κ1) is 13.8. The fraction of sp³-hybridized carbons (Fsp3) is 0.200. The summed E-state index contributed by atoms with van der Waals surface area (Å²) in [5, 5.41) is 12.8. The quantitative estimate of drug-likeness (QED) is 0.838. The van der Waals surface area contributed by atoms with Crippen LogP contribution in [0.25, 0.3) is 11.5 Å². The minimum absolute atomic E-state index is 0.0215. The molecule has 0 amide bonds. The number of pyridine rings is 1. The number of aromatic nitrogens is 3. The van der Waals surface area contributed by atoms with Gasteiger partial charge in [-0.05, 0) is 12.1 Å². The molecule has 10 heteroatoms. The molecule has 0 radical (unpaired) electrons. The third-order valence-electron chi connectivity index (χ3n) is 2.02. The summed E-state index contributed by atoms with van der Waals surface area (Å²) in [5.41, 5.74) is -0.0235. The van der Waals surface area contributed by atoms with Crippen molar-refractivity contribution in [1.82, 2.24) is 15.1 Å². The van der Waals surface area contributed by atoms with E-state index in [1.54, 1.807) is 0 Å². The highest BCUT2D eigenvalue weighted by molar-refractivity contribution is 5.78. The van der Waals surface area contributed by atoms with Gasteiger partial charge in [0, 0.05) is 6.92 Å². The van der Waals surface area contributed by atoms with Gasteiger partial charge in [-0.1, -0.05) is 5.16 Å². The second-order valence-electron chi connectivity index (χ2n) is 3.55. The van der Waals surface area contributed by atoms with Crippen LogP contribution in [0, 0.1) is 6.92 Å². The van der Waals surface area contributed by atoms with Crippen LogP contribution in [0.15, 0.2) is 16.7 Å². The standard InChI is InChI=1S/C10H6F3N3O4/c1-4-14-7(16-20-4)5-2-3-6(17)8(15-5)19-9(18)10(11,12)13/h2-3,17H,1H3. The zero-order chi connectivity index (χ0) is 14.9. The normalized spacial score (nSPS) is 11.4. The number of carbonyl (C=O) groups is 1. The molecule has 0 aliphatic carbocycles. The van der Waals surface area contributed by atoms with Crippen LogP contribution in [0.3, 0.4) is 0 Å². The fourth-order valence-electron chi connectivity index (χ4n) is 1.18. The van der Waals surface area contributed by atoms with Gasteiger partial charge in [0.25, 0.3) is 5.88 Å². The Labute approximate surface area is 109 Å². The molecule has 0 fully saturated rings. The van der Waals surface area contributed by atoms with Crippen molar-refractivity contribution in [2.24, 2.45) is 0 Å². The van der Waals surface area contributed by atoms with E-state index in [0.29, 0.717) is 0 Å². The van der Waals surface area contributed by atoms with Crippen molar-refractivity contribution in [3.63, 3.8) is 0 Å². The van der Waals surface area contributed by atoms with Gasteiger partial charge in [-0.2, -0.15) is 18.2 Å². The van der Waals surface area contributed by atoms with Crippen molar-refractivity contribution >= 4 is 5.97 Å². The maximum Gasteiger partial charge on any atom is 0.491 e. The van der Waals surface area contributed by atoms with E-state index in [1.165, 1.54) is 13.0 Å². The average molecular weight is 289 g/mol. The molecule has 0 atom stereocenters. The van der Waals surface area contributed by atoms with Crippen LogP contribution >= 0.6 is 0 Å². The van der Waals surface area contributed by atoms with Gasteiger partial charge < -0.3 is 14.4 Å². The van der Waals surface area contributed by atoms with Gasteiger partial charge in [-0.3, -0.25) is 0 Å². The maximum atomic E-state index is 12.1. The van der Waals surface area contributed by atoms with E-state index in [0.717, 1.165) is 6.07 Å². The summed E-state index contributed by atoms with van der Waals surface area (Å²) < 4.78 is 44.8. The van der Waals surface area contributed by atoms with Crippen LogP contribution < -0.4 is 4.74 Å². The Kier molecular flexibility index (Phi) is 3.30. The first-order valence-electron chi connectivity index (χ1n) is 5.07. The first-order valence-corrected chi connectivity index (χ1v) is 5.07. The van der Waals surface area contributed by atoms with Crippen LogP contribution in [0.5, 0.6) is 11.6 Å². The molecular formula is C10H6F3N3O4. The van der Waals surface area contributed by atoms with E-state index < -0.39 is 23.8 Å². The van der Waals surface area contributed by atoms with E-state index in [1.807, 2.05) is 0 Å². The molecule has 0 unspecified atom stereocenters. The smallest absolute Gasteiger partial charge is 0.491 e. The Morgan fingerprint density at radius 1 is 1.35 bits per heavy atom. The summed E-state index contributed by atoms with van der Waals surface area (Å²) in [5.74, 6) is -3.93. The van der Waals surface area contributed by atoms with Crippen molar-refractivity contribution in [2.45, 2.75) is 13.1 Å². The molecule has 20 heavy (non-hydrogen) atoms. The highest BCUT2D eigenvalue weighted by atomic mass is 19.4. The van der Waals surface area contributed by atoms with Crippen LogP contribution in [0.1, 0.15) is 5.89 Å². The summed E-state index contributed by atoms with van der Waals surface area (Å²) in [6.07, 6.45) is -5.20. The predicted molar refractivity (Wildman–Crippen MR) is 55.6 cm³/mol. The number of hydrogen-bond donors (Lipinski definition) is 1. The lowest BCUT2D eigenvalue weighted by Crippen LogP contribution is -2.28. The largest absolute Gasteiger partial charge is 0.503 e. The number of rotatable bonds is 2. The summed E-state index contributed by atoms with van der Waals surface area (Å²) >= 11 is 0. The molecule has 2 aromatic rings. The van der Waals surface area contributed by atoms with Gasteiger partial charge in [0.2, 0.25) is 11.7 Å². The predicted octanol–water partition coefficient (Wildman–Crippen LogP) is 1.61. The molecule has 2 rings (SSSR count). The van der Waals surface area contributed by atoms with E-state index in [-0.39, 0.29) is 17.4 Å². The van der Waals surface area contributed by atoms with Gasteiger partial charge in [-0.25, -0.2) is 9.78 Å². The second kappa shape index (κ2) is 4.79. The Morgan fingerprint density at radius 3 is 2.60 bits per heavy atom. The summed E-state index contributed by atoms with van der Waals surface area (Å²) in [6.45, 7) is 1.50. The minimum atomic E-state index is -5.20. The van der Waals surface area contributed by atoms with Crippen molar-refractivity contribution in [2.75, 3.05) is 0 Å². The Balaban J connectivity index is 2.32. The fourth-order valence-corrected chi connectivity index (χ4v) is 1.18. The summed E-state index contributed by atoms with van der Waals surface area (Å²) in [6, 6.07) is 2.22. The SMILES string of the molecule is Cc1nc(-c2ccc(O)c(OC(=O)C(F)(F)F)n2)no1. The van der Waals surface area contributed by atoms with Crippen LogP contribution in [0.4, 0.5) is 13.2 Å². The average Bonchev–Trinajstić information content (AvgIpc) is 2.77. The zero-order valence-electron chi connectivity index (χ0n) is 9.80. The summed E-state index contributed by atoms with van der Waals surface area (Å²) in [7, 11) is 0. The second-order valence-corrected chi connectivity index (χ2v) is 3.55. The third-order valence-corrected chi connectivity index (χ3v) is 2.02. The number of esters is 1. The van der Waals surface area contributed by atoms with Crippen LogP contribution in [-0.4, -0.2) is 32.4 Å². The van der Waals surface area contributed by atoms with E-state index >= 15 is 0 Å². The topological polar surface area (TPSA) is 98.3 Å². The highest BCUT2D eigenvalue weighted by Gasteiger charge is 2.42. The van der Waals surface area contributed by atoms with Crippen LogP contribution in [0.2, 0.25) is 0 Å². The molecule has 7 nitrogen and oxygen atoms in total. The molecule has 0 aromatic carbocycles. The van der Waals surface area contributed by atoms with Crippen molar-refractivity contribution < 1.29 is 32.3 Å². The maximum absolute atomic E-state index is 12.1. The molecule has 0 saturated carbocycles. The lowest BCUT2D eigenvalue weighted by Gasteiger charge is -2.07. The molecule has 0 spiro atoms. The molecule has 0 aliphatic heterocycles. The number of nitrogens with zero attached hydrogens (tertiary/aromatic N) is 3. The van der Waals surface area contributed by atoms with Crippen molar-refractivity contribution in [3.8, 4) is 23.1 Å². The number of carbonyl (C=O) groups excluding carboxylic acids is 1. The van der Waals surface area contributed by atoms with Crippen molar-refractivity contribution in [1.29, 1.82) is 0 Å². The Hall–Kier alpha value is -2.65. The zero-order valence-corrected chi connectivity index (χ0v) is 9.80. The molecular weight excluding hydrogens is 283 g/mol. The Bertz CT molecular complexity index is 653. The Morgan fingerprint density at radius 2 is 2.05 bits per heavy atom. The van der Waals surface area contributed by atoms with Crippen LogP contribution in [-0.2, 0) is 4.79 Å². The number of aromatic hydroxyl groups is 1. The molecule has 0 saturated heterocycles. The van der Waals surface area contributed by atoms with Gasteiger partial charge in [0.1, 0.15) is 5.69 Å². The number of hydrogen-bond acceptors (Lipinski definition) is 7. The molecule has 1 N–H and O–H groups in total. The summed E-state index contributed by atoms with van der Waals surface area (Å²) in [4.78, 5) is 18.0. The number of aryl methyl sites for hydroxylation is 1. The van der Waals surface area contributed by atoms with E-state index in [9.17, 15) is 23.1 Å². The lowest BCUT2D eigenvalue weighted by molar-refractivity contribution is -0.190. The molecule has 106 valence electrons. The number of alkyl halides is 3.